The van der Waals surface area contributed by atoms with Crippen LogP contribution in [0.3, 0.4) is 0 Å². The van der Waals surface area contributed by atoms with Crippen molar-refractivity contribution < 1.29 is 28.2 Å². The number of halogens is 1. The number of ether oxygens (including phenoxy) is 3. The maximum absolute atomic E-state index is 12.7. The molecular weight excluding hydrogens is 432 g/mol. The number of carbonyl (C=O) groups is 2. The topological polar surface area (TPSA) is 75.0 Å². The van der Waals surface area contributed by atoms with Gasteiger partial charge in [0, 0.05) is 16.5 Å². The molecule has 0 amide bonds. The first-order chi connectivity index (χ1) is 15.5. The summed E-state index contributed by atoms with van der Waals surface area (Å²) in [5.41, 5.74) is 1.71. The summed E-state index contributed by atoms with van der Waals surface area (Å²) in [6.45, 7) is 0. The molecule has 2 heterocycles. The molecule has 3 aromatic carbocycles. The van der Waals surface area contributed by atoms with Crippen LogP contribution in [-0.4, -0.2) is 18.9 Å². The lowest BCUT2D eigenvalue weighted by molar-refractivity contribution is 0.0703. The number of benzene rings is 3. The molecule has 0 aliphatic carbocycles. The largest absolute Gasteiger partial charge is 0.497 e. The molecular formula is C25H15ClO6. The number of hydrogen-bond acceptors (Lipinski definition) is 6. The fourth-order valence-corrected chi connectivity index (χ4v) is 3.53. The van der Waals surface area contributed by atoms with Crippen molar-refractivity contribution in [1.82, 2.24) is 0 Å². The van der Waals surface area contributed by atoms with Crippen molar-refractivity contribution in [2.75, 3.05) is 7.11 Å². The van der Waals surface area contributed by atoms with E-state index in [0.717, 1.165) is 5.56 Å². The molecule has 4 aromatic rings. The zero-order valence-corrected chi connectivity index (χ0v) is 17.5. The molecule has 0 fully saturated rings. The number of fused-ring (bicyclic) bond motifs is 2. The monoisotopic (exact) mass is 446 g/mol. The molecule has 0 bridgehead atoms. The van der Waals surface area contributed by atoms with Crippen LogP contribution in [-0.2, 0) is 0 Å². The van der Waals surface area contributed by atoms with E-state index in [1.807, 2.05) is 12.1 Å². The zero-order valence-electron chi connectivity index (χ0n) is 16.8. The number of allylic oxidation sites excluding steroid dienone is 1. The van der Waals surface area contributed by atoms with E-state index in [9.17, 15) is 9.59 Å². The molecule has 0 radical (unpaired) electrons. The second kappa shape index (κ2) is 7.90. The number of carbonyl (C=O) groups excluding carboxylic acids is 2. The molecule has 158 valence electrons. The number of ketones is 1. The van der Waals surface area contributed by atoms with Crippen LogP contribution in [0.15, 0.2) is 76.9 Å². The van der Waals surface area contributed by atoms with Gasteiger partial charge in [0.15, 0.2) is 5.76 Å². The smallest absolute Gasteiger partial charge is 0.379 e. The van der Waals surface area contributed by atoms with E-state index in [-0.39, 0.29) is 23.1 Å². The Morgan fingerprint density at radius 2 is 1.75 bits per heavy atom. The minimum absolute atomic E-state index is 0.0415. The summed E-state index contributed by atoms with van der Waals surface area (Å²) in [4.78, 5) is 25.2. The maximum Gasteiger partial charge on any atom is 0.379 e. The quantitative estimate of drug-likeness (QED) is 0.220. The van der Waals surface area contributed by atoms with Gasteiger partial charge in [-0.05, 0) is 60.2 Å². The number of esters is 1. The molecule has 0 unspecified atom stereocenters. The Morgan fingerprint density at radius 1 is 0.969 bits per heavy atom. The van der Waals surface area contributed by atoms with Gasteiger partial charge in [0.25, 0.3) is 0 Å². The van der Waals surface area contributed by atoms with Gasteiger partial charge in [-0.25, -0.2) is 4.79 Å². The number of hydrogen-bond donors (Lipinski definition) is 0. The Hall–Kier alpha value is -4.03. The van der Waals surface area contributed by atoms with E-state index >= 15 is 0 Å². The molecule has 0 N–H and O–H groups in total. The molecule has 0 spiro atoms. The highest BCUT2D eigenvalue weighted by Crippen LogP contribution is 2.35. The van der Waals surface area contributed by atoms with Gasteiger partial charge >= 0.3 is 5.97 Å². The summed E-state index contributed by atoms with van der Waals surface area (Å²) >= 11 is 5.97. The van der Waals surface area contributed by atoms with E-state index in [1.54, 1.807) is 55.7 Å². The highest BCUT2D eigenvalue weighted by Gasteiger charge is 2.28. The summed E-state index contributed by atoms with van der Waals surface area (Å²) in [6, 6.07) is 18.4. The van der Waals surface area contributed by atoms with Crippen molar-refractivity contribution >= 4 is 40.4 Å². The molecule has 0 saturated carbocycles. The normalized spacial score (nSPS) is 13.8. The van der Waals surface area contributed by atoms with Gasteiger partial charge in [-0.2, -0.15) is 0 Å². The van der Waals surface area contributed by atoms with Crippen molar-refractivity contribution in [3.63, 3.8) is 0 Å². The Morgan fingerprint density at radius 3 is 2.53 bits per heavy atom. The highest BCUT2D eigenvalue weighted by atomic mass is 35.5. The Bertz CT molecular complexity index is 1400. The highest BCUT2D eigenvalue weighted by molar-refractivity contribution is 6.31. The van der Waals surface area contributed by atoms with Crippen LogP contribution in [0, 0.1) is 0 Å². The standard InChI is InChI=1S/C25H15ClO6/c1-29-17-5-2-14(3-6-17)10-22-24(27)19-8-7-18(13-21(19)32-22)30-25(28)23-12-15-11-16(26)4-9-20(15)31-23/h2-13H,1H3/b22-10-. The first-order valence-electron chi connectivity index (χ1n) is 9.64. The van der Waals surface area contributed by atoms with Gasteiger partial charge in [-0.3, -0.25) is 4.79 Å². The SMILES string of the molecule is COc1ccc(/C=C2\Oc3cc(OC(=O)c4cc5cc(Cl)ccc5o4)ccc3C2=O)cc1. The summed E-state index contributed by atoms with van der Waals surface area (Å²) in [5.74, 6) is 0.566. The number of Topliss-reactive ketones (excluding diaryl/α,β-unsaturated/α-hetero) is 1. The predicted octanol–water partition coefficient (Wildman–Crippen LogP) is 5.93. The van der Waals surface area contributed by atoms with Crippen LogP contribution in [0.1, 0.15) is 26.5 Å². The fraction of sp³-hybridized carbons (Fsp3) is 0.0400. The molecule has 32 heavy (non-hydrogen) atoms. The first-order valence-corrected chi connectivity index (χ1v) is 10.0. The number of rotatable bonds is 4. The van der Waals surface area contributed by atoms with Crippen LogP contribution in [0.4, 0.5) is 0 Å². The molecule has 7 heteroatoms. The van der Waals surface area contributed by atoms with Crippen molar-refractivity contribution in [3.8, 4) is 17.2 Å². The molecule has 6 nitrogen and oxygen atoms in total. The van der Waals surface area contributed by atoms with Gasteiger partial charge in [0.05, 0.1) is 12.7 Å². The van der Waals surface area contributed by atoms with Crippen molar-refractivity contribution in [2.45, 2.75) is 0 Å². The zero-order chi connectivity index (χ0) is 22.2. The number of methoxy groups -OCH3 is 1. The third-order valence-corrected chi connectivity index (χ3v) is 5.18. The third kappa shape index (κ3) is 3.72. The molecule has 1 aliphatic heterocycles. The van der Waals surface area contributed by atoms with E-state index in [2.05, 4.69) is 0 Å². The summed E-state index contributed by atoms with van der Waals surface area (Å²) < 4.78 is 21.8. The molecule has 1 aliphatic rings. The fourth-order valence-electron chi connectivity index (χ4n) is 3.35. The average molecular weight is 447 g/mol. The van der Waals surface area contributed by atoms with Crippen molar-refractivity contribution in [3.05, 3.63) is 94.4 Å². The second-order valence-corrected chi connectivity index (χ2v) is 7.49. The van der Waals surface area contributed by atoms with Gasteiger partial charge in [-0.1, -0.05) is 23.7 Å². The predicted molar refractivity (Wildman–Crippen MR) is 119 cm³/mol. The summed E-state index contributed by atoms with van der Waals surface area (Å²) in [5, 5.41) is 1.23. The van der Waals surface area contributed by atoms with Gasteiger partial charge in [0.1, 0.15) is 22.8 Å². The van der Waals surface area contributed by atoms with E-state index < -0.39 is 5.97 Å². The van der Waals surface area contributed by atoms with Crippen LogP contribution >= 0.6 is 11.6 Å². The minimum atomic E-state index is -0.671. The average Bonchev–Trinajstić information content (AvgIpc) is 3.35. The lowest BCUT2D eigenvalue weighted by atomic mass is 10.1. The van der Waals surface area contributed by atoms with Crippen molar-refractivity contribution in [1.29, 1.82) is 0 Å². The van der Waals surface area contributed by atoms with E-state index in [0.29, 0.717) is 33.1 Å². The maximum atomic E-state index is 12.7. The van der Waals surface area contributed by atoms with Crippen LogP contribution in [0.2, 0.25) is 5.02 Å². The van der Waals surface area contributed by atoms with Gasteiger partial charge < -0.3 is 18.6 Å². The lowest BCUT2D eigenvalue weighted by Crippen LogP contribution is -2.07. The molecule has 0 atom stereocenters. The molecule has 0 saturated heterocycles. The van der Waals surface area contributed by atoms with Crippen LogP contribution < -0.4 is 14.2 Å². The van der Waals surface area contributed by atoms with E-state index in [4.69, 9.17) is 30.2 Å². The lowest BCUT2D eigenvalue weighted by Gasteiger charge is -2.04. The number of furan rings is 1. The minimum Gasteiger partial charge on any atom is -0.497 e. The van der Waals surface area contributed by atoms with Crippen LogP contribution in [0.5, 0.6) is 17.2 Å². The Kier molecular flexibility index (Phi) is 4.92. The van der Waals surface area contributed by atoms with Crippen LogP contribution in [0.25, 0.3) is 17.0 Å². The van der Waals surface area contributed by atoms with E-state index in [1.165, 1.54) is 12.1 Å². The molecule has 5 rings (SSSR count). The first kappa shape index (κ1) is 19.9. The van der Waals surface area contributed by atoms with Gasteiger partial charge in [-0.15, -0.1) is 0 Å². The molecule has 1 aromatic heterocycles. The Labute approximate surface area is 187 Å². The summed E-state index contributed by atoms with van der Waals surface area (Å²) in [6.07, 6.45) is 1.65. The third-order valence-electron chi connectivity index (χ3n) is 4.95. The van der Waals surface area contributed by atoms with Crippen molar-refractivity contribution in [2.24, 2.45) is 0 Å². The summed E-state index contributed by atoms with van der Waals surface area (Å²) in [7, 11) is 1.59. The second-order valence-electron chi connectivity index (χ2n) is 7.05. The Balaban J connectivity index is 1.35. The van der Waals surface area contributed by atoms with Gasteiger partial charge in [0.2, 0.25) is 11.5 Å².